The molecule has 43 heavy (non-hydrogen) atoms. The zero-order valence-corrected chi connectivity index (χ0v) is 24.5. The summed E-state index contributed by atoms with van der Waals surface area (Å²) in [6.45, 7) is 10.5. The monoisotopic (exact) mass is 597 g/mol. The largest absolute Gasteiger partial charge is 0.493 e. The number of hydrogen-bond donors (Lipinski definition) is 3. The molecular weight excluding hydrogens is 566 g/mol. The summed E-state index contributed by atoms with van der Waals surface area (Å²) in [4.78, 5) is 33.8. The van der Waals surface area contributed by atoms with Gasteiger partial charge in [0.25, 0.3) is 5.91 Å². The number of benzene rings is 3. The smallest absolute Gasteiger partial charge is 0.255 e. The van der Waals surface area contributed by atoms with E-state index in [1.165, 1.54) is 6.20 Å². The number of carbonyl (C=O) groups is 2. The van der Waals surface area contributed by atoms with Gasteiger partial charge in [-0.2, -0.15) is 0 Å². The Bertz CT molecular complexity index is 1620. The third-order valence-electron chi connectivity index (χ3n) is 6.00. The van der Waals surface area contributed by atoms with Gasteiger partial charge in [-0.3, -0.25) is 9.59 Å². The second-order valence-corrected chi connectivity index (χ2v) is 9.66. The fraction of sp³-hybridized carbons (Fsp3) is 0.152. The average Bonchev–Trinajstić information content (AvgIpc) is 3.01. The highest BCUT2D eigenvalue weighted by molar-refractivity contribution is 6.32. The van der Waals surface area contributed by atoms with E-state index < -0.39 is 0 Å². The maximum absolute atomic E-state index is 13.1. The van der Waals surface area contributed by atoms with Crippen molar-refractivity contribution in [2.75, 3.05) is 29.2 Å². The molecule has 10 heteroatoms. The fourth-order valence-electron chi connectivity index (χ4n) is 4.03. The van der Waals surface area contributed by atoms with Crippen LogP contribution in [0.4, 0.5) is 23.0 Å². The van der Waals surface area contributed by atoms with Gasteiger partial charge in [0, 0.05) is 34.8 Å². The molecule has 0 spiro atoms. The number of nitrogens with zero attached hydrogens (tertiary/aromatic N) is 2. The summed E-state index contributed by atoms with van der Waals surface area (Å²) < 4.78 is 11.4. The fourth-order valence-corrected chi connectivity index (χ4v) is 4.23. The van der Waals surface area contributed by atoms with Crippen LogP contribution in [-0.2, 0) is 16.1 Å². The predicted octanol–water partition coefficient (Wildman–Crippen LogP) is 7.41. The molecule has 3 aromatic carbocycles. The first-order valence-electron chi connectivity index (χ1n) is 13.6. The molecule has 3 N–H and O–H groups in total. The van der Waals surface area contributed by atoms with Gasteiger partial charge in [0.05, 0.1) is 30.1 Å². The SMILES string of the molecule is C=CCCOc1cccc(-c2nc(Nc3cc(COCC)cc(NC(=O)c4cccc(NC(=O)C=C)c4)c3)ncc2Cl)c1. The van der Waals surface area contributed by atoms with E-state index in [2.05, 4.69) is 39.1 Å². The van der Waals surface area contributed by atoms with Gasteiger partial charge in [0.1, 0.15) is 5.75 Å². The molecule has 0 unspecified atom stereocenters. The molecule has 0 aliphatic heterocycles. The summed E-state index contributed by atoms with van der Waals surface area (Å²) in [6, 6.07) is 19.6. The molecule has 0 atom stereocenters. The van der Waals surface area contributed by atoms with Crippen molar-refractivity contribution in [3.05, 3.63) is 114 Å². The van der Waals surface area contributed by atoms with Crippen molar-refractivity contribution in [3.8, 4) is 17.0 Å². The lowest BCUT2D eigenvalue weighted by molar-refractivity contribution is -0.111. The van der Waals surface area contributed by atoms with Crippen LogP contribution in [0.3, 0.4) is 0 Å². The second kappa shape index (κ2) is 15.3. The van der Waals surface area contributed by atoms with Gasteiger partial charge >= 0.3 is 0 Å². The van der Waals surface area contributed by atoms with E-state index in [1.807, 2.05) is 43.3 Å². The molecular formula is C33H32ClN5O4. The lowest BCUT2D eigenvalue weighted by atomic mass is 10.1. The van der Waals surface area contributed by atoms with E-state index in [0.717, 1.165) is 23.6 Å². The lowest BCUT2D eigenvalue weighted by Gasteiger charge is -2.14. The van der Waals surface area contributed by atoms with Crippen LogP contribution in [0, 0.1) is 0 Å². The number of ether oxygens (including phenoxy) is 2. The summed E-state index contributed by atoms with van der Waals surface area (Å²) in [6.07, 6.45) is 5.23. The van der Waals surface area contributed by atoms with Crippen molar-refractivity contribution < 1.29 is 19.1 Å². The van der Waals surface area contributed by atoms with Crippen LogP contribution in [-0.4, -0.2) is 35.0 Å². The zero-order chi connectivity index (χ0) is 30.6. The van der Waals surface area contributed by atoms with Gasteiger partial charge in [-0.1, -0.05) is 42.5 Å². The van der Waals surface area contributed by atoms with Crippen LogP contribution in [0.5, 0.6) is 5.75 Å². The lowest BCUT2D eigenvalue weighted by Crippen LogP contribution is -2.14. The summed E-state index contributed by atoms with van der Waals surface area (Å²) in [5.74, 6) is 0.290. The topological polar surface area (TPSA) is 114 Å². The van der Waals surface area contributed by atoms with Crippen molar-refractivity contribution in [2.45, 2.75) is 20.0 Å². The predicted molar refractivity (Wildman–Crippen MR) is 171 cm³/mol. The Labute approximate surface area is 255 Å². The maximum atomic E-state index is 13.1. The van der Waals surface area contributed by atoms with Gasteiger partial charge in [0.2, 0.25) is 11.9 Å². The van der Waals surface area contributed by atoms with E-state index in [1.54, 1.807) is 36.4 Å². The van der Waals surface area contributed by atoms with Crippen molar-refractivity contribution in [1.82, 2.24) is 9.97 Å². The molecule has 0 bridgehead atoms. The van der Waals surface area contributed by atoms with E-state index in [-0.39, 0.29) is 11.8 Å². The van der Waals surface area contributed by atoms with Crippen LogP contribution in [0.1, 0.15) is 29.3 Å². The Kier molecular flexibility index (Phi) is 11.0. The number of nitrogens with one attached hydrogen (secondary N) is 3. The molecule has 2 amide bonds. The van der Waals surface area contributed by atoms with Gasteiger partial charge in [-0.25, -0.2) is 9.97 Å². The standard InChI is InChI=1S/C33H32ClN5O4/c1-4-7-14-43-28-13-9-10-23(18-28)31-29(34)20-35-33(39-31)38-27-16-22(21-42-6-3)15-26(19-27)37-32(41)24-11-8-12-25(17-24)36-30(40)5-2/h4-5,8-13,15-20H,1-2,6-7,14,21H2,3H3,(H,36,40)(H,37,41)(H,35,38,39). The Morgan fingerprint density at radius 2 is 1.79 bits per heavy atom. The molecule has 0 aliphatic carbocycles. The van der Waals surface area contributed by atoms with Crippen molar-refractivity contribution in [2.24, 2.45) is 0 Å². The molecule has 9 nitrogen and oxygen atoms in total. The van der Waals surface area contributed by atoms with Crippen LogP contribution < -0.4 is 20.7 Å². The molecule has 0 fully saturated rings. The van der Waals surface area contributed by atoms with Crippen LogP contribution in [0.2, 0.25) is 5.02 Å². The molecule has 1 heterocycles. The summed E-state index contributed by atoms with van der Waals surface area (Å²) >= 11 is 6.48. The number of halogens is 1. The zero-order valence-electron chi connectivity index (χ0n) is 23.7. The van der Waals surface area contributed by atoms with Crippen LogP contribution in [0.15, 0.2) is 98.2 Å². The summed E-state index contributed by atoms with van der Waals surface area (Å²) in [7, 11) is 0. The van der Waals surface area contributed by atoms with E-state index in [0.29, 0.717) is 64.9 Å². The normalized spacial score (nSPS) is 10.5. The summed E-state index contributed by atoms with van der Waals surface area (Å²) in [5, 5.41) is 9.18. The number of hydrogen-bond acceptors (Lipinski definition) is 7. The van der Waals surface area contributed by atoms with Crippen molar-refractivity contribution in [1.29, 1.82) is 0 Å². The molecule has 4 rings (SSSR count). The molecule has 220 valence electrons. The van der Waals surface area contributed by atoms with Crippen molar-refractivity contribution in [3.63, 3.8) is 0 Å². The maximum Gasteiger partial charge on any atom is 0.255 e. The highest BCUT2D eigenvalue weighted by Crippen LogP contribution is 2.30. The molecule has 0 saturated heterocycles. The molecule has 0 saturated carbocycles. The first kappa shape index (κ1) is 31.0. The number of amides is 2. The minimum atomic E-state index is -0.367. The second-order valence-electron chi connectivity index (χ2n) is 9.25. The van der Waals surface area contributed by atoms with Crippen LogP contribution in [0.25, 0.3) is 11.3 Å². The third-order valence-corrected chi connectivity index (χ3v) is 6.28. The number of carbonyl (C=O) groups excluding carboxylic acids is 2. The van der Waals surface area contributed by atoms with Gasteiger partial charge in [0.15, 0.2) is 0 Å². The minimum absolute atomic E-state index is 0.314. The van der Waals surface area contributed by atoms with Gasteiger partial charge < -0.3 is 25.4 Å². The molecule has 4 aromatic rings. The molecule has 0 aliphatic rings. The Morgan fingerprint density at radius 3 is 2.58 bits per heavy atom. The van der Waals surface area contributed by atoms with Gasteiger partial charge in [-0.15, -0.1) is 6.58 Å². The van der Waals surface area contributed by atoms with Crippen molar-refractivity contribution >= 4 is 46.4 Å². The first-order chi connectivity index (χ1) is 20.9. The number of aromatic nitrogens is 2. The first-order valence-corrected chi connectivity index (χ1v) is 14.0. The Hall–Kier alpha value is -4.99. The van der Waals surface area contributed by atoms with E-state index in [4.69, 9.17) is 21.1 Å². The van der Waals surface area contributed by atoms with Gasteiger partial charge in [-0.05, 0) is 73.5 Å². The van der Waals surface area contributed by atoms with E-state index >= 15 is 0 Å². The number of anilines is 4. The molecule has 1 aromatic heterocycles. The van der Waals surface area contributed by atoms with Crippen LogP contribution >= 0.6 is 11.6 Å². The Morgan fingerprint density at radius 1 is 0.977 bits per heavy atom. The minimum Gasteiger partial charge on any atom is -0.493 e. The summed E-state index contributed by atoms with van der Waals surface area (Å²) in [5.41, 5.74) is 4.15. The Balaban J connectivity index is 1.57. The number of rotatable bonds is 14. The highest BCUT2D eigenvalue weighted by atomic mass is 35.5. The van der Waals surface area contributed by atoms with E-state index in [9.17, 15) is 9.59 Å². The average molecular weight is 598 g/mol. The third kappa shape index (κ3) is 9.00. The quantitative estimate of drug-likeness (QED) is 0.0787. The molecule has 0 radical (unpaired) electrons. The highest BCUT2D eigenvalue weighted by Gasteiger charge is 2.13.